The maximum absolute atomic E-state index is 4.36. The van der Waals surface area contributed by atoms with Crippen LogP contribution in [0, 0.1) is 6.92 Å². The summed E-state index contributed by atoms with van der Waals surface area (Å²) in [6.07, 6.45) is 3.71. The molecular weight excluding hydrogens is 411 g/mol. The van der Waals surface area contributed by atoms with Gasteiger partial charge in [-0.15, -0.1) is 24.0 Å². The second-order valence-electron chi connectivity index (χ2n) is 6.58. The first kappa shape index (κ1) is 21.2. The first-order valence-corrected chi connectivity index (χ1v) is 8.91. The number of halogens is 1. The molecule has 136 valence electrons. The Hall–Kier alpha value is -0.820. The summed E-state index contributed by atoms with van der Waals surface area (Å²) in [6.45, 7) is 9.79. The van der Waals surface area contributed by atoms with Crippen LogP contribution in [0.5, 0.6) is 0 Å². The van der Waals surface area contributed by atoms with Crippen LogP contribution in [0.25, 0.3) is 0 Å². The molecule has 1 fully saturated rings. The van der Waals surface area contributed by atoms with Crippen molar-refractivity contribution in [3.63, 3.8) is 0 Å². The highest BCUT2D eigenvalue weighted by Gasteiger charge is 2.23. The first-order chi connectivity index (χ1) is 11.1. The third kappa shape index (κ3) is 6.24. The number of hydrogen-bond acceptors (Lipinski definition) is 2. The van der Waals surface area contributed by atoms with Crippen molar-refractivity contribution in [3.05, 3.63) is 35.4 Å². The molecule has 0 bridgehead atoms. The molecule has 0 saturated carbocycles. The highest BCUT2D eigenvalue weighted by Crippen LogP contribution is 2.24. The van der Waals surface area contributed by atoms with E-state index in [1.807, 2.05) is 7.05 Å². The fourth-order valence-corrected chi connectivity index (χ4v) is 3.02. The van der Waals surface area contributed by atoms with Crippen molar-refractivity contribution in [1.29, 1.82) is 0 Å². The van der Waals surface area contributed by atoms with E-state index >= 15 is 0 Å². The van der Waals surface area contributed by atoms with Crippen LogP contribution in [-0.4, -0.2) is 43.6 Å². The molecule has 5 heteroatoms. The number of aliphatic imine (C=N–C) groups is 1. The molecule has 1 heterocycles. The third-order valence-electron chi connectivity index (χ3n) is 4.73. The van der Waals surface area contributed by atoms with E-state index in [0.29, 0.717) is 12.1 Å². The van der Waals surface area contributed by atoms with Crippen molar-refractivity contribution in [1.82, 2.24) is 15.5 Å². The lowest BCUT2D eigenvalue weighted by Gasteiger charge is -2.29. The third-order valence-corrected chi connectivity index (χ3v) is 4.73. The summed E-state index contributed by atoms with van der Waals surface area (Å²) in [4.78, 5) is 6.95. The molecule has 0 radical (unpaired) electrons. The summed E-state index contributed by atoms with van der Waals surface area (Å²) in [6, 6.07) is 9.81. The summed E-state index contributed by atoms with van der Waals surface area (Å²) in [5.41, 5.74) is 2.71. The van der Waals surface area contributed by atoms with Crippen molar-refractivity contribution >= 4 is 29.9 Å². The minimum atomic E-state index is 0. The van der Waals surface area contributed by atoms with E-state index in [1.165, 1.54) is 37.1 Å². The number of hydrogen-bond donors (Lipinski definition) is 2. The monoisotopic (exact) mass is 444 g/mol. The van der Waals surface area contributed by atoms with Gasteiger partial charge in [0, 0.05) is 19.6 Å². The molecule has 1 aliphatic rings. The van der Waals surface area contributed by atoms with Gasteiger partial charge in [-0.1, -0.05) is 36.8 Å². The number of rotatable bonds is 6. The second-order valence-corrected chi connectivity index (χ2v) is 6.58. The minimum absolute atomic E-state index is 0. The van der Waals surface area contributed by atoms with E-state index in [-0.39, 0.29) is 24.0 Å². The molecule has 24 heavy (non-hydrogen) atoms. The van der Waals surface area contributed by atoms with E-state index < -0.39 is 0 Å². The molecule has 0 aliphatic carbocycles. The number of nitrogens with zero attached hydrogens (tertiary/aromatic N) is 2. The summed E-state index contributed by atoms with van der Waals surface area (Å²) in [7, 11) is 1.84. The van der Waals surface area contributed by atoms with E-state index in [0.717, 1.165) is 18.9 Å². The number of aryl methyl sites for hydroxylation is 1. The predicted octanol–water partition coefficient (Wildman–Crippen LogP) is 3.71. The molecular formula is C19H33IN4. The van der Waals surface area contributed by atoms with Crippen molar-refractivity contribution in [3.8, 4) is 0 Å². The molecule has 0 aromatic heterocycles. The van der Waals surface area contributed by atoms with Gasteiger partial charge in [0.25, 0.3) is 0 Å². The number of guanidine groups is 1. The van der Waals surface area contributed by atoms with Crippen LogP contribution in [0.15, 0.2) is 29.3 Å². The predicted molar refractivity (Wildman–Crippen MR) is 114 cm³/mol. The lowest BCUT2D eigenvalue weighted by molar-refractivity contribution is 0.245. The molecule has 2 atom stereocenters. The maximum atomic E-state index is 4.36. The van der Waals surface area contributed by atoms with Gasteiger partial charge in [-0.2, -0.15) is 0 Å². The van der Waals surface area contributed by atoms with Gasteiger partial charge >= 0.3 is 0 Å². The molecule has 1 saturated heterocycles. The lowest BCUT2D eigenvalue weighted by Crippen LogP contribution is -2.45. The van der Waals surface area contributed by atoms with Gasteiger partial charge in [-0.05, 0) is 51.8 Å². The highest BCUT2D eigenvalue weighted by atomic mass is 127. The van der Waals surface area contributed by atoms with Crippen LogP contribution in [0.3, 0.4) is 0 Å². The second kappa shape index (κ2) is 10.9. The van der Waals surface area contributed by atoms with Crippen LogP contribution in [0.2, 0.25) is 0 Å². The lowest BCUT2D eigenvalue weighted by atomic mass is 10.0. The number of nitrogens with one attached hydrogen (secondary N) is 2. The Morgan fingerprint density at radius 1 is 1.21 bits per heavy atom. The molecule has 0 spiro atoms. The van der Waals surface area contributed by atoms with Gasteiger partial charge in [-0.25, -0.2) is 0 Å². The molecule has 2 N–H and O–H groups in total. The van der Waals surface area contributed by atoms with E-state index in [2.05, 4.69) is 65.6 Å². The Kier molecular flexibility index (Phi) is 9.66. The molecule has 0 amide bonds. The normalized spacial score (nSPS) is 17.9. The quantitative estimate of drug-likeness (QED) is 0.399. The first-order valence-electron chi connectivity index (χ1n) is 8.91. The van der Waals surface area contributed by atoms with Crippen molar-refractivity contribution in [2.75, 3.05) is 26.7 Å². The SMILES string of the molecule is CCC(C)NC(=NC)NCC(c1ccc(C)cc1)N1CCCC1.I. The van der Waals surface area contributed by atoms with E-state index in [4.69, 9.17) is 0 Å². The fourth-order valence-electron chi connectivity index (χ4n) is 3.02. The Morgan fingerprint density at radius 2 is 1.83 bits per heavy atom. The minimum Gasteiger partial charge on any atom is -0.354 e. The van der Waals surface area contributed by atoms with Gasteiger partial charge in [0.2, 0.25) is 0 Å². The molecule has 1 aromatic carbocycles. The largest absolute Gasteiger partial charge is 0.354 e. The molecule has 4 nitrogen and oxygen atoms in total. The summed E-state index contributed by atoms with van der Waals surface area (Å²) < 4.78 is 0. The highest BCUT2D eigenvalue weighted by molar-refractivity contribution is 14.0. The van der Waals surface area contributed by atoms with E-state index in [9.17, 15) is 0 Å². The average molecular weight is 444 g/mol. The fraction of sp³-hybridized carbons (Fsp3) is 0.632. The molecule has 2 unspecified atom stereocenters. The van der Waals surface area contributed by atoms with Gasteiger partial charge in [0.05, 0.1) is 6.04 Å². The smallest absolute Gasteiger partial charge is 0.191 e. The van der Waals surface area contributed by atoms with Gasteiger partial charge in [-0.3, -0.25) is 9.89 Å². The van der Waals surface area contributed by atoms with Gasteiger partial charge in [0.1, 0.15) is 0 Å². The topological polar surface area (TPSA) is 39.7 Å². The van der Waals surface area contributed by atoms with Crippen LogP contribution in [-0.2, 0) is 0 Å². The Morgan fingerprint density at radius 3 is 2.38 bits per heavy atom. The van der Waals surface area contributed by atoms with Crippen LogP contribution in [0.4, 0.5) is 0 Å². The van der Waals surface area contributed by atoms with E-state index in [1.54, 1.807) is 0 Å². The zero-order chi connectivity index (χ0) is 16.7. The van der Waals surface area contributed by atoms with Crippen molar-refractivity contribution in [2.45, 2.75) is 52.1 Å². The Balaban J connectivity index is 0.00000288. The Labute approximate surface area is 164 Å². The molecule has 1 aromatic rings. The number of likely N-dealkylation sites (tertiary alicyclic amines) is 1. The summed E-state index contributed by atoms with van der Waals surface area (Å²) >= 11 is 0. The number of benzene rings is 1. The maximum Gasteiger partial charge on any atom is 0.191 e. The zero-order valence-corrected chi connectivity index (χ0v) is 17.8. The van der Waals surface area contributed by atoms with Crippen molar-refractivity contribution < 1.29 is 0 Å². The van der Waals surface area contributed by atoms with Gasteiger partial charge < -0.3 is 10.6 Å². The standard InChI is InChI=1S/C19H32N4.HI/c1-5-16(3)22-19(20-4)21-14-18(23-12-6-7-13-23)17-10-8-15(2)9-11-17;/h8-11,16,18H,5-7,12-14H2,1-4H3,(H2,20,21,22);1H. The van der Waals surface area contributed by atoms with Crippen LogP contribution < -0.4 is 10.6 Å². The average Bonchev–Trinajstić information content (AvgIpc) is 3.09. The summed E-state index contributed by atoms with van der Waals surface area (Å²) in [5, 5.41) is 6.97. The van der Waals surface area contributed by atoms with Crippen LogP contribution >= 0.6 is 24.0 Å². The van der Waals surface area contributed by atoms with Gasteiger partial charge in [0.15, 0.2) is 5.96 Å². The molecule has 2 rings (SSSR count). The molecule has 1 aliphatic heterocycles. The Bertz CT molecular complexity index is 495. The zero-order valence-electron chi connectivity index (χ0n) is 15.5. The van der Waals surface area contributed by atoms with Crippen LogP contribution in [0.1, 0.15) is 50.3 Å². The van der Waals surface area contributed by atoms with Crippen molar-refractivity contribution in [2.24, 2.45) is 4.99 Å². The summed E-state index contributed by atoms with van der Waals surface area (Å²) in [5.74, 6) is 0.899.